The van der Waals surface area contributed by atoms with Gasteiger partial charge in [0.25, 0.3) is 5.91 Å². The second-order valence-electron chi connectivity index (χ2n) is 18.7. The molecule has 1 saturated heterocycles. The maximum absolute atomic E-state index is 15.7. The van der Waals surface area contributed by atoms with Crippen LogP contribution in [0.25, 0.3) is 0 Å². The lowest BCUT2D eigenvalue weighted by molar-refractivity contribution is -0.346. The Hall–Kier alpha value is -6.76. The van der Waals surface area contributed by atoms with E-state index in [1.54, 1.807) is 66.7 Å². The highest BCUT2D eigenvalue weighted by molar-refractivity contribution is 5.96. The summed E-state index contributed by atoms with van der Waals surface area (Å²) in [6.45, 7) is 7.68. The van der Waals surface area contributed by atoms with Gasteiger partial charge in [-0.05, 0) is 54.8 Å². The summed E-state index contributed by atoms with van der Waals surface area (Å²) < 4.78 is 36.3. The number of carbonyl (C=O) groups is 8. The van der Waals surface area contributed by atoms with Crippen molar-refractivity contribution in [2.75, 3.05) is 6.61 Å². The first kappa shape index (κ1) is 50.1. The Morgan fingerprint density at radius 2 is 1.41 bits per heavy atom. The van der Waals surface area contributed by atoms with Crippen LogP contribution < -0.4 is 5.32 Å². The predicted molar refractivity (Wildman–Crippen MR) is 238 cm³/mol. The number of esters is 5. The van der Waals surface area contributed by atoms with Gasteiger partial charge in [0.2, 0.25) is 6.10 Å². The highest BCUT2D eigenvalue weighted by Crippen LogP contribution is 2.64. The Labute approximate surface area is 397 Å². The molecule has 3 aromatic carbocycles. The number of carboxylic acids is 1. The third-order valence-corrected chi connectivity index (χ3v) is 14.3. The van der Waals surface area contributed by atoms with Crippen molar-refractivity contribution >= 4 is 47.5 Å². The number of ether oxygens (including phenoxy) is 6. The zero-order chi connectivity index (χ0) is 50.2. The molecule has 2 saturated carbocycles. The summed E-state index contributed by atoms with van der Waals surface area (Å²) in [6, 6.07) is 22.1. The lowest BCUT2D eigenvalue weighted by atomic mass is 9.44. The lowest BCUT2D eigenvalue weighted by Gasteiger charge is -2.67. The minimum atomic E-state index is -2.50. The molecule has 3 fully saturated rings. The summed E-state index contributed by atoms with van der Waals surface area (Å²) in [4.78, 5) is 110. The van der Waals surface area contributed by atoms with Gasteiger partial charge in [-0.2, -0.15) is 0 Å². The third-order valence-electron chi connectivity index (χ3n) is 14.3. The molecule has 18 nitrogen and oxygen atoms in total. The van der Waals surface area contributed by atoms with E-state index in [9.17, 15) is 44.1 Å². The fraction of sp³-hybridized carbons (Fsp3) is 0.451. The Kier molecular flexibility index (Phi) is 14.0. The van der Waals surface area contributed by atoms with Gasteiger partial charge in [0.05, 0.1) is 42.4 Å². The van der Waals surface area contributed by atoms with Crippen molar-refractivity contribution in [3.8, 4) is 0 Å². The van der Waals surface area contributed by atoms with Crippen molar-refractivity contribution in [1.82, 2.24) is 5.32 Å². The van der Waals surface area contributed by atoms with Gasteiger partial charge >= 0.3 is 35.8 Å². The van der Waals surface area contributed by atoms with Crippen molar-refractivity contribution in [1.29, 1.82) is 0 Å². The summed E-state index contributed by atoms with van der Waals surface area (Å²) in [5.41, 5.74) is -7.77. The number of rotatable bonds is 14. The van der Waals surface area contributed by atoms with Crippen LogP contribution in [0.3, 0.4) is 0 Å². The molecule has 1 aliphatic heterocycles. The van der Waals surface area contributed by atoms with Crippen molar-refractivity contribution in [2.45, 2.75) is 121 Å². The molecular weight excluding hydrogens is 899 g/mol. The minimum Gasteiger partial charge on any atom is -0.481 e. The van der Waals surface area contributed by atoms with E-state index in [1.165, 1.54) is 52.0 Å². The van der Waals surface area contributed by atoms with E-state index < -0.39 is 137 Å². The first-order valence-corrected chi connectivity index (χ1v) is 22.5. The van der Waals surface area contributed by atoms with Crippen molar-refractivity contribution in [3.05, 3.63) is 119 Å². The van der Waals surface area contributed by atoms with Crippen LogP contribution in [-0.2, 0) is 57.2 Å². The Morgan fingerprint density at radius 1 is 0.812 bits per heavy atom. The zero-order valence-corrected chi connectivity index (χ0v) is 38.9. The second kappa shape index (κ2) is 19.3. The van der Waals surface area contributed by atoms with Gasteiger partial charge in [-0.3, -0.25) is 28.8 Å². The maximum Gasteiger partial charge on any atom is 0.350 e. The molecule has 366 valence electrons. The summed E-state index contributed by atoms with van der Waals surface area (Å²) in [6.07, 6.45) is -12.5. The fourth-order valence-corrected chi connectivity index (χ4v) is 10.7. The quantitative estimate of drug-likeness (QED) is 0.100. The van der Waals surface area contributed by atoms with Crippen LogP contribution in [-0.4, -0.2) is 117 Å². The highest BCUT2D eigenvalue weighted by Gasteiger charge is 2.78. The van der Waals surface area contributed by atoms with Gasteiger partial charge in [0, 0.05) is 37.7 Å². The molecule has 4 N–H and O–H groups in total. The molecule has 1 amide bonds. The first-order chi connectivity index (χ1) is 32.6. The van der Waals surface area contributed by atoms with Crippen LogP contribution in [0.1, 0.15) is 99.5 Å². The number of carbonyl (C=O) groups excluding carboxylic acids is 7. The number of aliphatic carboxylic acids is 1. The third kappa shape index (κ3) is 9.15. The molecule has 0 spiro atoms. The van der Waals surface area contributed by atoms with Gasteiger partial charge in [-0.1, -0.05) is 80.6 Å². The molecule has 4 aliphatic rings. The van der Waals surface area contributed by atoms with Crippen LogP contribution >= 0.6 is 0 Å². The molecule has 4 unspecified atom stereocenters. The number of amides is 1. The van der Waals surface area contributed by atoms with Crippen molar-refractivity contribution in [2.24, 2.45) is 16.7 Å². The van der Waals surface area contributed by atoms with E-state index in [0.29, 0.717) is 0 Å². The standard InChI is InChI=1S/C51H55NO17/c1-27-33(66-47(62)41(67-37(58)23-22-36(56)57)39(30-16-10-7-11-17-30)52-45(60)31-18-12-8-13-19-31)25-51(63)44(68-46(61)32-20-14-9-15-21-32)42-49(6,34(55)24-35-50(42,26-64-35)69-29(3)54)43(59)40(65-28(2)53)38(27)48(51,4)5/h7-21,33-35,39-42,44,55,63H,22-26H2,1-6H3,(H,52,60)(H,56,57)/t33?,34-,35+,39?,40+,41?,42?,44-,49+,50-,51+/m0/s1. The molecular formula is C51H55NO17. The minimum absolute atomic E-state index is 0.0221. The summed E-state index contributed by atoms with van der Waals surface area (Å²) >= 11 is 0. The second-order valence-corrected chi connectivity index (χ2v) is 18.7. The molecule has 7 rings (SSSR count). The number of aliphatic hydroxyl groups excluding tert-OH is 1. The Morgan fingerprint density at radius 3 is 1.96 bits per heavy atom. The lowest BCUT2D eigenvalue weighted by Crippen LogP contribution is -2.82. The average Bonchev–Trinajstić information content (AvgIpc) is 3.30. The highest BCUT2D eigenvalue weighted by atomic mass is 16.6. The molecule has 3 aromatic rings. The van der Waals surface area contributed by atoms with Crippen molar-refractivity contribution in [3.63, 3.8) is 0 Å². The Balaban J connectivity index is 1.42. The number of benzene rings is 3. The van der Waals surface area contributed by atoms with Gasteiger partial charge in [-0.15, -0.1) is 0 Å². The molecule has 1 heterocycles. The Bertz CT molecular complexity index is 2550. The van der Waals surface area contributed by atoms with Crippen LogP contribution in [0.2, 0.25) is 0 Å². The molecule has 2 bridgehead atoms. The number of hydrogen-bond donors (Lipinski definition) is 4. The molecule has 3 aliphatic carbocycles. The van der Waals surface area contributed by atoms with Gasteiger partial charge in [0.15, 0.2) is 17.5 Å². The largest absolute Gasteiger partial charge is 0.481 e. The van der Waals surface area contributed by atoms with Crippen LogP contribution in [0.5, 0.6) is 0 Å². The van der Waals surface area contributed by atoms with E-state index in [4.69, 9.17) is 28.4 Å². The molecule has 69 heavy (non-hydrogen) atoms. The summed E-state index contributed by atoms with van der Waals surface area (Å²) in [7, 11) is 0. The number of carboxylic acid groups (broad SMARTS) is 1. The van der Waals surface area contributed by atoms with Crippen LogP contribution in [0.4, 0.5) is 0 Å². The normalized spacial score (nSPS) is 29.7. The van der Waals surface area contributed by atoms with E-state index in [0.717, 1.165) is 13.8 Å². The first-order valence-electron chi connectivity index (χ1n) is 22.5. The number of Topliss-reactive ketones (excluding diaryl/α,β-unsaturated/α-hetero) is 1. The molecule has 11 atom stereocenters. The SMILES string of the molecule is CC(=O)O[C@H]1C(=O)[C@@]2(C)C([C@H](OC(=O)c3ccccc3)[C@]3(O)CC(OC(=O)C(OC(=O)CCC(=O)O)C(NC(=O)c4ccccc4)c4ccccc4)C(C)=C1C3(C)C)[C@]1(OC(C)=O)CO[C@@H]1C[C@@H]2O. The van der Waals surface area contributed by atoms with Gasteiger partial charge in [-0.25, -0.2) is 9.59 Å². The summed E-state index contributed by atoms with van der Waals surface area (Å²) in [5.74, 6) is -9.78. The van der Waals surface area contributed by atoms with Gasteiger partial charge < -0.3 is 49.1 Å². The van der Waals surface area contributed by atoms with Crippen LogP contribution in [0, 0.1) is 16.7 Å². The number of hydrogen-bond acceptors (Lipinski definition) is 16. The molecule has 0 aromatic heterocycles. The topological polar surface area (TPSA) is 265 Å². The monoisotopic (exact) mass is 953 g/mol. The smallest absolute Gasteiger partial charge is 0.350 e. The van der Waals surface area contributed by atoms with E-state index in [1.807, 2.05) is 0 Å². The zero-order valence-electron chi connectivity index (χ0n) is 38.9. The maximum atomic E-state index is 15.7. The average molecular weight is 954 g/mol. The molecule has 0 radical (unpaired) electrons. The number of ketones is 1. The van der Waals surface area contributed by atoms with Crippen LogP contribution in [0.15, 0.2) is 102 Å². The number of fused-ring (bicyclic) bond motifs is 5. The fourth-order valence-electron chi connectivity index (χ4n) is 10.7. The van der Waals surface area contributed by atoms with E-state index in [-0.39, 0.29) is 40.9 Å². The van der Waals surface area contributed by atoms with E-state index in [2.05, 4.69) is 5.32 Å². The van der Waals surface area contributed by atoms with E-state index >= 15 is 9.59 Å². The number of nitrogens with one attached hydrogen (secondary N) is 1. The van der Waals surface area contributed by atoms with Crippen molar-refractivity contribution < 1.29 is 82.1 Å². The number of aliphatic hydroxyl groups is 2. The summed E-state index contributed by atoms with van der Waals surface area (Å²) in [5, 5.41) is 38.2. The predicted octanol–water partition coefficient (Wildman–Crippen LogP) is 4.15. The molecule has 18 heteroatoms. The van der Waals surface area contributed by atoms with Gasteiger partial charge in [0.1, 0.15) is 30.0 Å².